The second-order valence-electron chi connectivity index (χ2n) is 7.01. The van der Waals surface area contributed by atoms with Gasteiger partial charge in [-0.25, -0.2) is 0 Å². The maximum absolute atomic E-state index is 13.3. The number of esters is 1. The maximum Gasteiger partial charge on any atom is 0.305 e. The number of rotatable bonds is 12. The molecule has 1 heterocycles. The van der Waals surface area contributed by atoms with E-state index in [-0.39, 0.29) is 11.9 Å². The van der Waals surface area contributed by atoms with Crippen LogP contribution in [0.1, 0.15) is 47.4 Å². The number of hydrogen-bond donors (Lipinski definition) is 0. The summed E-state index contributed by atoms with van der Waals surface area (Å²) in [6.07, 6.45) is 4.89. The summed E-state index contributed by atoms with van der Waals surface area (Å²) in [5.41, 5.74) is 1.36. The molecule has 0 radical (unpaired) electrons. The van der Waals surface area contributed by atoms with Crippen LogP contribution in [0.2, 0.25) is 0 Å². The average molecular weight is 418 g/mol. The van der Waals surface area contributed by atoms with Gasteiger partial charge in [0.15, 0.2) is 0 Å². The molecule has 0 fully saturated rings. The molecule has 1 amide bonds. The molecule has 30 heavy (non-hydrogen) atoms. The van der Waals surface area contributed by atoms with E-state index in [9.17, 15) is 9.59 Å². The zero-order chi connectivity index (χ0) is 21.9. The Balaban J connectivity index is 2.10. The third kappa shape index (κ3) is 6.54. The number of methoxy groups -OCH3 is 3. The van der Waals surface area contributed by atoms with Crippen LogP contribution in [0.5, 0.6) is 11.5 Å². The molecule has 0 bridgehead atoms. The van der Waals surface area contributed by atoms with Crippen LogP contribution in [0.4, 0.5) is 0 Å². The molecule has 2 aromatic rings. The van der Waals surface area contributed by atoms with Crippen molar-refractivity contribution in [3.8, 4) is 11.5 Å². The molecule has 0 saturated carbocycles. The third-order valence-corrected chi connectivity index (χ3v) is 5.00. The lowest BCUT2D eigenvalue weighted by Gasteiger charge is -2.23. The average Bonchev–Trinajstić information content (AvgIpc) is 3.28. The lowest BCUT2D eigenvalue weighted by atomic mass is 10.1. The Kier molecular flexibility index (Phi) is 9.25. The van der Waals surface area contributed by atoms with Crippen LogP contribution in [-0.4, -0.2) is 51.2 Å². The van der Waals surface area contributed by atoms with Gasteiger partial charge in [-0.2, -0.15) is 0 Å². The number of amides is 1. The van der Waals surface area contributed by atoms with E-state index < -0.39 is 0 Å². The van der Waals surface area contributed by atoms with E-state index in [4.69, 9.17) is 13.9 Å². The van der Waals surface area contributed by atoms with Crippen molar-refractivity contribution in [3.05, 3.63) is 47.4 Å². The summed E-state index contributed by atoms with van der Waals surface area (Å²) in [5.74, 6) is 1.78. The highest BCUT2D eigenvalue weighted by molar-refractivity contribution is 5.95. The summed E-state index contributed by atoms with van der Waals surface area (Å²) in [4.78, 5) is 26.4. The molecule has 0 aliphatic rings. The van der Waals surface area contributed by atoms with E-state index in [0.717, 1.165) is 24.2 Å². The van der Waals surface area contributed by atoms with Crippen molar-refractivity contribution in [1.82, 2.24) is 4.90 Å². The number of unbranched alkanes of at least 4 members (excludes halogenated alkanes) is 1. The van der Waals surface area contributed by atoms with E-state index in [1.165, 1.54) is 7.11 Å². The Morgan fingerprint density at radius 3 is 2.23 bits per heavy atom. The minimum Gasteiger partial charge on any atom is -0.496 e. The summed E-state index contributed by atoms with van der Waals surface area (Å²) in [7, 11) is 4.53. The van der Waals surface area contributed by atoms with Crippen LogP contribution >= 0.6 is 0 Å². The minimum atomic E-state index is -0.237. The summed E-state index contributed by atoms with van der Waals surface area (Å²) < 4.78 is 20.9. The minimum absolute atomic E-state index is 0.0934. The van der Waals surface area contributed by atoms with Gasteiger partial charge in [0.05, 0.1) is 27.6 Å². The van der Waals surface area contributed by atoms with E-state index in [0.29, 0.717) is 49.4 Å². The van der Waals surface area contributed by atoms with Gasteiger partial charge >= 0.3 is 5.97 Å². The van der Waals surface area contributed by atoms with Gasteiger partial charge in [-0.1, -0.05) is 0 Å². The monoisotopic (exact) mass is 417 g/mol. The van der Waals surface area contributed by atoms with Crippen LogP contribution < -0.4 is 9.47 Å². The zero-order valence-electron chi connectivity index (χ0n) is 18.2. The number of carbonyl (C=O) groups excluding carboxylic acids is 2. The van der Waals surface area contributed by atoms with Gasteiger partial charge in [0.2, 0.25) is 0 Å². The lowest BCUT2D eigenvalue weighted by Crippen LogP contribution is -2.33. The van der Waals surface area contributed by atoms with Crippen molar-refractivity contribution in [2.75, 3.05) is 34.4 Å². The molecular weight excluding hydrogens is 386 g/mol. The van der Waals surface area contributed by atoms with Gasteiger partial charge in [-0.15, -0.1) is 0 Å². The molecule has 164 valence electrons. The van der Waals surface area contributed by atoms with Crippen molar-refractivity contribution in [2.24, 2.45) is 0 Å². The number of furan rings is 1. The maximum atomic E-state index is 13.3. The topological polar surface area (TPSA) is 78.2 Å². The van der Waals surface area contributed by atoms with E-state index in [2.05, 4.69) is 4.74 Å². The fourth-order valence-electron chi connectivity index (χ4n) is 3.28. The van der Waals surface area contributed by atoms with E-state index in [1.54, 1.807) is 32.6 Å². The van der Waals surface area contributed by atoms with Gasteiger partial charge in [-0.05, 0) is 50.5 Å². The Bertz CT molecular complexity index is 790. The van der Waals surface area contributed by atoms with Crippen molar-refractivity contribution in [1.29, 1.82) is 0 Å². The summed E-state index contributed by atoms with van der Waals surface area (Å²) in [5, 5.41) is 0. The largest absolute Gasteiger partial charge is 0.496 e. The van der Waals surface area contributed by atoms with Crippen LogP contribution in [0.3, 0.4) is 0 Å². The van der Waals surface area contributed by atoms with Crippen molar-refractivity contribution in [3.63, 3.8) is 0 Å². The van der Waals surface area contributed by atoms with Gasteiger partial charge in [0, 0.05) is 37.1 Å². The molecule has 0 N–H and O–H groups in total. The van der Waals surface area contributed by atoms with Crippen molar-refractivity contribution < 1.29 is 28.2 Å². The first-order chi connectivity index (χ1) is 14.5. The number of nitrogens with zero attached hydrogens (tertiary/aromatic N) is 1. The predicted octanol–water partition coefficient (Wildman–Crippen LogP) is 4.02. The fraction of sp³-hybridized carbons (Fsp3) is 0.478. The number of carbonyl (C=O) groups is 2. The van der Waals surface area contributed by atoms with E-state index in [1.807, 2.05) is 24.0 Å². The SMILES string of the molecule is COC(=O)CCCCN(CCCc1ccco1)C(=O)c1cc(OC)c(C)c(OC)c1. The third-order valence-electron chi connectivity index (χ3n) is 5.00. The Morgan fingerprint density at radius 1 is 1.00 bits per heavy atom. The number of benzene rings is 1. The molecule has 0 aliphatic carbocycles. The Labute approximate surface area is 177 Å². The molecule has 1 aromatic carbocycles. The molecule has 0 unspecified atom stereocenters. The van der Waals surface area contributed by atoms with Gasteiger partial charge < -0.3 is 23.5 Å². The number of hydrogen-bond acceptors (Lipinski definition) is 6. The second-order valence-corrected chi connectivity index (χ2v) is 7.01. The Hall–Kier alpha value is -2.96. The van der Waals surface area contributed by atoms with Crippen LogP contribution in [0.25, 0.3) is 0 Å². The van der Waals surface area contributed by atoms with Gasteiger partial charge in [0.1, 0.15) is 17.3 Å². The highest BCUT2D eigenvalue weighted by atomic mass is 16.5. The first-order valence-electron chi connectivity index (χ1n) is 10.1. The first kappa shape index (κ1) is 23.3. The van der Waals surface area contributed by atoms with Crippen LogP contribution in [0.15, 0.2) is 34.9 Å². The molecule has 7 nitrogen and oxygen atoms in total. The number of aryl methyl sites for hydroxylation is 1. The molecule has 7 heteroatoms. The highest BCUT2D eigenvalue weighted by Crippen LogP contribution is 2.30. The quantitative estimate of drug-likeness (QED) is 0.383. The summed E-state index contributed by atoms with van der Waals surface area (Å²) in [6, 6.07) is 7.27. The molecule has 0 atom stereocenters. The molecule has 1 aromatic heterocycles. The fourth-order valence-corrected chi connectivity index (χ4v) is 3.28. The zero-order valence-corrected chi connectivity index (χ0v) is 18.2. The van der Waals surface area contributed by atoms with Crippen LogP contribution in [-0.2, 0) is 16.0 Å². The smallest absolute Gasteiger partial charge is 0.305 e. The molecule has 0 aliphatic heterocycles. The molecule has 2 rings (SSSR count). The molecule has 0 spiro atoms. The van der Waals surface area contributed by atoms with E-state index >= 15 is 0 Å². The second kappa shape index (κ2) is 11.9. The predicted molar refractivity (Wildman–Crippen MR) is 113 cm³/mol. The van der Waals surface area contributed by atoms with Gasteiger partial charge in [-0.3, -0.25) is 9.59 Å². The van der Waals surface area contributed by atoms with Crippen LogP contribution in [0, 0.1) is 6.92 Å². The molecular formula is C23H31NO6. The Morgan fingerprint density at radius 2 is 1.67 bits per heavy atom. The van der Waals surface area contributed by atoms with Gasteiger partial charge in [0.25, 0.3) is 5.91 Å². The standard InChI is InChI=1S/C23H31NO6/c1-17-20(27-2)15-18(16-21(17)28-3)23(26)24(12-6-5-11-22(25)29-4)13-7-9-19-10-8-14-30-19/h8,10,14-16H,5-7,9,11-13H2,1-4H3. The summed E-state index contributed by atoms with van der Waals surface area (Å²) in [6.45, 7) is 3.02. The lowest BCUT2D eigenvalue weighted by molar-refractivity contribution is -0.140. The van der Waals surface area contributed by atoms with Crippen molar-refractivity contribution >= 4 is 11.9 Å². The number of ether oxygens (including phenoxy) is 3. The molecule has 0 saturated heterocycles. The summed E-state index contributed by atoms with van der Waals surface area (Å²) >= 11 is 0. The normalized spacial score (nSPS) is 10.5. The highest BCUT2D eigenvalue weighted by Gasteiger charge is 2.19. The van der Waals surface area contributed by atoms with Crippen molar-refractivity contribution in [2.45, 2.75) is 39.0 Å². The first-order valence-corrected chi connectivity index (χ1v) is 10.1.